The molecule has 0 aromatic heterocycles. The Morgan fingerprint density at radius 1 is 1.50 bits per heavy atom. The number of halogens is 1. The van der Waals surface area contributed by atoms with Gasteiger partial charge in [0.2, 0.25) is 0 Å². The van der Waals surface area contributed by atoms with Crippen LogP contribution in [0.15, 0.2) is 35.5 Å². The van der Waals surface area contributed by atoms with E-state index in [0.29, 0.717) is 28.2 Å². The van der Waals surface area contributed by atoms with Crippen molar-refractivity contribution in [3.8, 4) is 5.75 Å². The van der Waals surface area contributed by atoms with Crippen LogP contribution < -0.4 is 10.2 Å². The van der Waals surface area contributed by atoms with E-state index >= 15 is 0 Å². The van der Waals surface area contributed by atoms with Crippen LogP contribution in [0.2, 0.25) is 5.02 Å². The van der Waals surface area contributed by atoms with Gasteiger partial charge in [0.1, 0.15) is 5.75 Å². The monoisotopic (exact) mass is 290 g/mol. The number of carbonyl (C=O) groups excluding carboxylic acids is 1. The lowest BCUT2D eigenvalue weighted by Crippen LogP contribution is -2.35. The number of rotatable bonds is 3. The highest BCUT2D eigenvalue weighted by atomic mass is 35.5. The molecule has 0 radical (unpaired) electrons. The molecular weight excluding hydrogens is 276 g/mol. The van der Waals surface area contributed by atoms with Crippen LogP contribution in [0.4, 0.5) is 0 Å². The predicted octanol–water partition coefficient (Wildman–Crippen LogP) is 3.03. The van der Waals surface area contributed by atoms with Crippen LogP contribution in [0.1, 0.15) is 23.2 Å². The van der Waals surface area contributed by atoms with Gasteiger partial charge in [-0.3, -0.25) is 4.79 Å². The third-order valence-corrected chi connectivity index (χ3v) is 4.11. The number of methoxy groups -OCH3 is 1. The molecule has 1 amide bonds. The molecule has 4 nitrogen and oxygen atoms in total. The Balaban J connectivity index is 1.71. The molecule has 1 aromatic rings. The summed E-state index contributed by atoms with van der Waals surface area (Å²) in [6, 6.07) is 4.94. The summed E-state index contributed by atoms with van der Waals surface area (Å²) in [7, 11) is 1.52. The largest absolute Gasteiger partial charge is 0.496 e. The molecule has 2 unspecified atom stereocenters. The maximum atomic E-state index is 12.1. The molecule has 104 valence electrons. The molecule has 2 atom stereocenters. The van der Waals surface area contributed by atoms with Gasteiger partial charge >= 0.3 is 0 Å². The van der Waals surface area contributed by atoms with E-state index in [1.54, 1.807) is 18.2 Å². The molecule has 5 heteroatoms. The highest BCUT2D eigenvalue weighted by Crippen LogP contribution is 2.40. The first-order valence-electron chi connectivity index (χ1n) is 6.56. The van der Waals surface area contributed by atoms with Crippen LogP contribution in [0.3, 0.4) is 0 Å². The summed E-state index contributed by atoms with van der Waals surface area (Å²) < 4.78 is 5.16. The van der Waals surface area contributed by atoms with E-state index < -0.39 is 0 Å². The number of carbonyl (C=O) groups is 1. The molecule has 1 N–H and O–H groups in total. The van der Waals surface area contributed by atoms with Gasteiger partial charge in [-0.15, -0.1) is 0 Å². The number of hydrogen-bond acceptors (Lipinski definition) is 3. The van der Waals surface area contributed by atoms with Crippen LogP contribution in [-0.2, 0) is 0 Å². The van der Waals surface area contributed by atoms with Crippen LogP contribution >= 0.6 is 11.6 Å². The number of nitrogens with one attached hydrogen (secondary N) is 1. The first kappa shape index (κ1) is 13.2. The molecule has 20 heavy (non-hydrogen) atoms. The lowest BCUT2D eigenvalue weighted by molar-refractivity contribution is 0.0951. The van der Waals surface area contributed by atoms with Crippen molar-refractivity contribution in [1.82, 2.24) is 5.43 Å². The maximum absolute atomic E-state index is 12.1. The van der Waals surface area contributed by atoms with Crippen molar-refractivity contribution in [1.29, 1.82) is 0 Å². The van der Waals surface area contributed by atoms with E-state index in [9.17, 15) is 4.79 Å². The Morgan fingerprint density at radius 2 is 2.35 bits per heavy atom. The summed E-state index contributed by atoms with van der Waals surface area (Å²) in [6.45, 7) is 0. The van der Waals surface area contributed by atoms with Crippen LogP contribution in [-0.4, -0.2) is 18.7 Å². The van der Waals surface area contributed by atoms with Crippen molar-refractivity contribution in [3.05, 3.63) is 40.9 Å². The third kappa shape index (κ3) is 2.31. The third-order valence-electron chi connectivity index (χ3n) is 3.87. The molecule has 0 spiro atoms. The summed E-state index contributed by atoms with van der Waals surface area (Å²) in [5, 5.41) is 4.72. The lowest BCUT2D eigenvalue weighted by atomic mass is 9.74. The Kier molecular flexibility index (Phi) is 3.49. The van der Waals surface area contributed by atoms with Crippen molar-refractivity contribution in [2.75, 3.05) is 7.11 Å². The average molecular weight is 291 g/mol. The van der Waals surface area contributed by atoms with Crippen molar-refractivity contribution in [3.63, 3.8) is 0 Å². The molecule has 0 saturated heterocycles. The fourth-order valence-corrected chi connectivity index (χ4v) is 2.88. The highest BCUT2D eigenvalue weighted by molar-refractivity contribution is 6.31. The Labute approximate surface area is 122 Å². The SMILES string of the molecule is COc1ccc(Cl)cc1C(=O)NN=C1CC2C=CCC12. The number of allylic oxidation sites excluding steroid dienone is 2. The van der Waals surface area contributed by atoms with Crippen molar-refractivity contribution >= 4 is 23.2 Å². The number of nitrogens with zero attached hydrogens (tertiary/aromatic N) is 1. The van der Waals surface area contributed by atoms with Gasteiger partial charge in [0.05, 0.1) is 12.7 Å². The molecule has 0 aliphatic heterocycles. The van der Waals surface area contributed by atoms with Gasteiger partial charge in [0.25, 0.3) is 5.91 Å². The first-order valence-corrected chi connectivity index (χ1v) is 6.94. The van der Waals surface area contributed by atoms with E-state index in [2.05, 4.69) is 22.7 Å². The average Bonchev–Trinajstić information content (AvgIpc) is 2.80. The fraction of sp³-hybridized carbons (Fsp3) is 0.333. The summed E-state index contributed by atoms with van der Waals surface area (Å²) in [6.07, 6.45) is 6.37. The molecular formula is C15H15ClN2O2. The Bertz CT molecular complexity index is 610. The van der Waals surface area contributed by atoms with Gasteiger partial charge in [-0.25, -0.2) is 5.43 Å². The minimum Gasteiger partial charge on any atom is -0.496 e. The number of amides is 1. The second-order valence-corrected chi connectivity index (χ2v) is 5.46. The second kappa shape index (κ2) is 5.29. The summed E-state index contributed by atoms with van der Waals surface area (Å²) in [4.78, 5) is 12.1. The summed E-state index contributed by atoms with van der Waals surface area (Å²) >= 11 is 5.91. The molecule has 2 aliphatic rings. The molecule has 0 heterocycles. The van der Waals surface area contributed by atoms with Gasteiger partial charge in [0, 0.05) is 16.7 Å². The summed E-state index contributed by atoms with van der Waals surface area (Å²) in [5.74, 6) is 1.29. The standard InChI is InChI=1S/C15H15ClN2O2/c1-20-14-6-5-10(16)8-12(14)15(19)18-17-13-7-9-3-2-4-11(9)13/h2-3,5-6,8-9,11H,4,7H2,1H3,(H,18,19). The molecule has 3 rings (SSSR count). The zero-order valence-electron chi connectivity index (χ0n) is 11.1. The van der Waals surface area contributed by atoms with Crippen LogP contribution in [0, 0.1) is 11.8 Å². The number of hydrazone groups is 1. The predicted molar refractivity (Wildman–Crippen MR) is 78.3 cm³/mol. The van der Waals surface area contributed by atoms with E-state index in [1.165, 1.54) is 7.11 Å². The van der Waals surface area contributed by atoms with E-state index in [-0.39, 0.29) is 5.91 Å². The normalized spacial score (nSPS) is 25.2. The Morgan fingerprint density at radius 3 is 3.10 bits per heavy atom. The summed E-state index contributed by atoms with van der Waals surface area (Å²) in [5.41, 5.74) is 4.06. The maximum Gasteiger partial charge on any atom is 0.275 e. The molecule has 1 saturated carbocycles. The first-order chi connectivity index (χ1) is 9.69. The van der Waals surface area contributed by atoms with Crippen molar-refractivity contribution in [2.45, 2.75) is 12.8 Å². The minimum absolute atomic E-state index is 0.300. The second-order valence-electron chi connectivity index (χ2n) is 5.03. The fourth-order valence-electron chi connectivity index (χ4n) is 2.70. The number of hydrogen-bond donors (Lipinski definition) is 1. The Hall–Kier alpha value is -1.81. The van der Waals surface area contributed by atoms with Gasteiger partial charge < -0.3 is 4.74 Å². The zero-order chi connectivity index (χ0) is 14.1. The smallest absolute Gasteiger partial charge is 0.275 e. The van der Waals surface area contributed by atoms with E-state index in [0.717, 1.165) is 18.6 Å². The number of ether oxygens (including phenoxy) is 1. The number of benzene rings is 1. The van der Waals surface area contributed by atoms with Gasteiger partial charge in [-0.2, -0.15) is 5.10 Å². The molecule has 0 bridgehead atoms. The minimum atomic E-state index is -0.300. The van der Waals surface area contributed by atoms with Gasteiger partial charge in [-0.05, 0) is 37.0 Å². The van der Waals surface area contributed by atoms with Crippen LogP contribution in [0.5, 0.6) is 5.75 Å². The van der Waals surface area contributed by atoms with Gasteiger partial charge in [0.15, 0.2) is 0 Å². The van der Waals surface area contributed by atoms with Crippen molar-refractivity contribution < 1.29 is 9.53 Å². The van der Waals surface area contributed by atoms with Crippen LogP contribution in [0.25, 0.3) is 0 Å². The van der Waals surface area contributed by atoms with Crippen molar-refractivity contribution in [2.24, 2.45) is 16.9 Å². The highest BCUT2D eigenvalue weighted by Gasteiger charge is 2.38. The lowest BCUT2D eigenvalue weighted by Gasteiger charge is -2.31. The molecule has 1 aromatic carbocycles. The van der Waals surface area contributed by atoms with E-state index in [4.69, 9.17) is 16.3 Å². The number of fused-ring (bicyclic) bond motifs is 1. The topological polar surface area (TPSA) is 50.7 Å². The zero-order valence-corrected chi connectivity index (χ0v) is 11.9. The quantitative estimate of drug-likeness (QED) is 0.687. The van der Waals surface area contributed by atoms with E-state index in [1.807, 2.05) is 0 Å². The van der Waals surface area contributed by atoms with Gasteiger partial charge in [-0.1, -0.05) is 23.8 Å². The molecule has 2 aliphatic carbocycles. The molecule has 1 fully saturated rings.